The topological polar surface area (TPSA) is 72.2 Å². The van der Waals surface area contributed by atoms with Crippen LogP contribution in [0.15, 0.2) is 12.1 Å². The predicted octanol–water partition coefficient (Wildman–Crippen LogP) is 0.822. The van der Waals surface area contributed by atoms with E-state index in [9.17, 15) is 8.42 Å². The lowest BCUT2D eigenvalue weighted by molar-refractivity contribution is 0.592. The van der Waals surface area contributed by atoms with Gasteiger partial charge in [0.1, 0.15) is 0 Å². The highest BCUT2D eigenvalue weighted by Gasteiger charge is 2.01. The molecule has 1 aromatic rings. The van der Waals surface area contributed by atoms with Crippen molar-refractivity contribution in [2.75, 3.05) is 18.8 Å². The van der Waals surface area contributed by atoms with Gasteiger partial charge in [0, 0.05) is 11.4 Å². The first kappa shape index (κ1) is 12.9. The van der Waals surface area contributed by atoms with E-state index in [-0.39, 0.29) is 5.75 Å². The molecule has 1 heterocycles. The zero-order valence-electron chi connectivity index (χ0n) is 8.07. The van der Waals surface area contributed by atoms with Crippen molar-refractivity contribution in [3.63, 3.8) is 0 Å². The van der Waals surface area contributed by atoms with Gasteiger partial charge >= 0.3 is 0 Å². The molecule has 0 atom stereocenters. The Morgan fingerprint density at radius 3 is 2.67 bits per heavy atom. The molecule has 0 aliphatic carbocycles. The molecule has 0 bridgehead atoms. The predicted molar refractivity (Wildman–Crippen MR) is 63.9 cm³/mol. The van der Waals surface area contributed by atoms with E-state index >= 15 is 0 Å². The van der Waals surface area contributed by atoms with Crippen LogP contribution in [0, 0.1) is 0 Å². The minimum absolute atomic E-state index is 0.0296. The van der Waals surface area contributed by atoms with Crippen LogP contribution in [0.4, 0.5) is 0 Å². The van der Waals surface area contributed by atoms with E-state index in [0.29, 0.717) is 6.54 Å². The highest BCUT2D eigenvalue weighted by Crippen LogP contribution is 2.21. The van der Waals surface area contributed by atoms with Crippen molar-refractivity contribution in [1.82, 2.24) is 5.32 Å². The molecular formula is C8H13ClN2O2S2. The number of primary sulfonamides is 1. The molecule has 1 rings (SSSR count). The molecule has 0 aliphatic heterocycles. The summed E-state index contributed by atoms with van der Waals surface area (Å²) >= 11 is 7.30. The van der Waals surface area contributed by atoms with E-state index in [1.54, 1.807) is 0 Å². The summed E-state index contributed by atoms with van der Waals surface area (Å²) in [7, 11) is -3.35. The number of rotatable bonds is 6. The number of nitrogens with one attached hydrogen (secondary N) is 1. The Morgan fingerprint density at radius 1 is 1.40 bits per heavy atom. The zero-order chi connectivity index (χ0) is 11.3. The van der Waals surface area contributed by atoms with Gasteiger partial charge in [-0.2, -0.15) is 0 Å². The third-order valence-corrected chi connectivity index (χ3v) is 3.80. The third-order valence-electron chi connectivity index (χ3n) is 1.74. The first-order valence-corrected chi connectivity index (χ1v) is 7.34. The number of sulfonamides is 1. The third kappa shape index (κ3) is 6.11. The van der Waals surface area contributed by atoms with Crippen molar-refractivity contribution in [2.45, 2.75) is 6.42 Å². The van der Waals surface area contributed by atoms with Crippen LogP contribution in [0.25, 0.3) is 0 Å². The van der Waals surface area contributed by atoms with Crippen molar-refractivity contribution < 1.29 is 8.42 Å². The highest BCUT2D eigenvalue weighted by molar-refractivity contribution is 7.89. The van der Waals surface area contributed by atoms with E-state index in [2.05, 4.69) is 5.32 Å². The molecule has 0 spiro atoms. The second-order valence-electron chi connectivity index (χ2n) is 3.07. The molecule has 0 aromatic carbocycles. The molecule has 0 aliphatic rings. The second kappa shape index (κ2) is 5.81. The normalized spacial score (nSPS) is 11.9. The Hall–Kier alpha value is -0.140. The van der Waals surface area contributed by atoms with Crippen molar-refractivity contribution in [1.29, 1.82) is 0 Å². The summed E-state index contributed by atoms with van der Waals surface area (Å²) in [5.74, 6) is -0.0296. The lowest BCUT2D eigenvalue weighted by Crippen LogP contribution is -2.28. The smallest absolute Gasteiger partial charge is 0.210 e. The van der Waals surface area contributed by atoms with Crippen molar-refractivity contribution in [3.8, 4) is 0 Å². The van der Waals surface area contributed by atoms with Gasteiger partial charge in [-0.1, -0.05) is 11.6 Å². The van der Waals surface area contributed by atoms with Gasteiger partial charge in [0.25, 0.3) is 0 Å². The molecule has 4 nitrogen and oxygen atoms in total. The van der Waals surface area contributed by atoms with Gasteiger partial charge in [0.05, 0.1) is 10.1 Å². The first-order valence-electron chi connectivity index (χ1n) is 4.43. The zero-order valence-corrected chi connectivity index (χ0v) is 10.5. The van der Waals surface area contributed by atoms with E-state index in [0.717, 1.165) is 17.3 Å². The first-order chi connectivity index (χ1) is 6.97. The molecule has 86 valence electrons. The Bertz CT molecular complexity index is 403. The number of thiophene rings is 1. The second-order valence-corrected chi connectivity index (χ2v) is 6.61. The molecule has 1 aromatic heterocycles. The Morgan fingerprint density at radius 2 is 2.13 bits per heavy atom. The maximum Gasteiger partial charge on any atom is 0.210 e. The summed E-state index contributed by atoms with van der Waals surface area (Å²) in [5.41, 5.74) is 0. The molecule has 7 heteroatoms. The number of nitrogens with two attached hydrogens (primary N) is 1. The number of hydrogen-bond donors (Lipinski definition) is 2. The van der Waals surface area contributed by atoms with Crippen molar-refractivity contribution >= 4 is 33.0 Å². The SMILES string of the molecule is NS(=O)(=O)CCNCCc1ccc(Cl)s1. The average molecular weight is 269 g/mol. The number of hydrogen-bond acceptors (Lipinski definition) is 4. The Kier molecular flexibility index (Phi) is 5.01. The van der Waals surface area contributed by atoms with Crippen LogP contribution in [-0.2, 0) is 16.4 Å². The maximum atomic E-state index is 10.6. The molecule has 0 unspecified atom stereocenters. The van der Waals surface area contributed by atoms with E-state index < -0.39 is 10.0 Å². The fraction of sp³-hybridized carbons (Fsp3) is 0.500. The van der Waals surface area contributed by atoms with Crippen LogP contribution in [0.3, 0.4) is 0 Å². The fourth-order valence-electron chi connectivity index (χ4n) is 1.04. The summed E-state index contributed by atoms with van der Waals surface area (Å²) < 4.78 is 22.0. The molecule has 0 saturated heterocycles. The van der Waals surface area contributed by atoms with Gasteiger partial charge in [-0.15, -0.1) is 11.3 Å². The lowest BCUT2D eigenvalue weighted by Gasteiger charge is -2.01. The quantitative estimate of drug-likeness (QED) is 0.751. The van der Waals surface area contributed by atoms with Crippen LogP contribution in [0.1, 0.15) is 4.88 Å². The summed E-state index contributed by atoms with van der Waals surface area (Å²) in [6, 6.07) is 3.82. The fourth-order valence-corrected chi connectivity index (χ4v) is 2.55. The van der Waals surface area contributed by atoms with E-state index in [4.69, 9.17) is 16.7 Å². The van der Waals surface area contributed by atoms with Crippen molar-refractivity contribution in [2.24, 2.45) is 5.14 Å². The van der Waals surface area contributed by atoms with Gasteiger partial charge in [-0.25, -0.2) is 13.6 Å². The maximum absolute atomic E-state index is 10.6. The molecule has 15 heavy (non-hydrogen) atoms. The lowest BCUT2D eigenvalue weighted by atomic mass is 10.3. The molecule has 0 radical (unpaired) electrons. The summed E-state index contributed by atoms with van der Waals surface area (Å²) in [6.07, 6.45) is 0.849. The molecule has 0 fully saturated rings. The van der Waals surface area contributed by atoms with Gasteiger partial charge in [-0.05, 0) is 25.1 Å². The van der Waals surface area contributed by atoms with Gasteiger partial charge < -0.3 is 5.32 Å². The molecule has 0 amide bonds. The van der Waals surface area contributed by atoms with E-state index in [1.165, 1.54) is 16.2 Å². The molecule has 3 N–H and O–H groups in total. The minimum Gasteiger partial charge on any atom is -0.315 e. The standard InChI is InChI=1S/C8H13ClN2O2S2/c9-8-2-1-7(14-8)3-4-11-5-6-15(10,12)13/h1-2,11H,3-6H2,(H2,10,12,13). The highest BCUT2D eigenvalue weighted by atomic mass is 35.5. The summed E-state index contributed by atoms with van der Waals surface area (Å²) in [4.78, 5) is 1.18. The number of halogens is 1. The van der Waals surface area contributed by atoms with Gasteiger partial charge in [0.15, 0.2) is 0 Å². The van der Waals surface area contributed by atoms with Crippen LogP contribution in [-0.4, -0.2) is 27.3 Å². The van der Waals surface area contributed by atoms with E-state index in [1.807, 2.05) is 12.1 Å². The Balaban J connectivity index is 2.12. The minimum atomic E-state index is -3.35. The van der Waals surface area contributed by atoms with Crippen LogP contribution >= 0.6 is 22.9 Å². The Labute approximate surface area is 98.5 Å². The molecular weight excluding hydrogens is 256 g/mol. The van der Waals surface area contributed by atoms with Crippen LogP contribution in [0.2, 0.25) is 4.34 Å². The summed E-state index contributed by atoms with van der Waals surface area (Å²) in [6.45, 7) is 1.12. The largest absolute Gasteiger partial charge is 0.315 e. The van der Waals surface area contributed by atoms with Gasteiger partial charge in [0.2, 0.25) is 10.0 Å². The summed E-state index contributed by atoms with van der Waals surface area (Å²) in [5, 5.41) is 7.85. The van der Waals surface area contributed by atoms with Crippen molar-refractivity contribution in [3.05, 3.63) is 21.3 Å². The van der Waals surface area contributed by atoms with Crippen LogP contribution in [0.5, 0.6) is 0 Å². The monoisotopic (exact) mass is 268 g/mol. The van der Waals surface area contributed by atoms with Gasteiger partial charge in [-0.3, -0.25) is 0 Å². The molecule has 0 saturated carbocycles. The average Bonchev–Trinajstić information content (AvgIpc) is 2.49. The van der Waals surface area contributed by atoms with Crippen LogP contribution < -0.4 is 10.5 Å².